The Hall–Kier alpha value is -3.39. The number of ether oxygens (including phenoxy) is 1. The van der Waals surface area contributed by atoms with Crippen LogP contribution in [0.1, 0.15) is 33.5 Å². The first kappa shape index (κ1) is 23.8. The Morgan fingerprint density at radius 1 is 1.24 bits per heavy atom. The molecule has 0 aliphatic heterocycles. The summed E-state index contributed by atoms with van der Waals surface area (Å²) in [5.74, 6) is -0.782. The Kier molecular flexibility index (Phi) is 7.17. The van der Waals surface area contributed by atoms with Crippen molar-refractivity contribution < 1.29 is 18.7 Å². The Labute approximate surface area is 208 Å². The van der Waals surface area contributed by atoms with Crippen LogP contribution in [0, 0.1) is 25.2 Å². The Morgan fingerprint density at radius 2 is 2.03 bits per heavy atom. The number of rotatable bonds is 7. The summed E-state index contributed by atoms with van der Waals surface area (Å²) in [5.41, 5.74) is 1.82. The van der Waals surface area contributed by atoms with Crippen molar-refractivity contribution in [3.05, 3.63) is 63.7 Å². The summed E-state index contributed by atoms with van der Waals surface area (Å²) in [6, 6.07) is 13.2. The van der Waals surface area contributed by atoms with Crippen LogP contribution in [-0.4, -0.2) is 23.5 Å². The molecule has 0 spiro atoms. The van der Waals surface area contributed by atoms with Gasteiger partial charge in [0, 0.05) is 11.0 Å². The van der Waals surface area contributed by atoms with E-state index in [1.165, 1.54) is 29.2 Å². The zero-order chi connectivity index (χ0) is 24.2. The standard InChI is InChI=1S/C24H19N3O4S3/c1-4-30-23(29)20-13(2)14(3)32-22(20)27-21(28)15(12-25)11-16-9-10-19(31-16)34-24-26-17-7-5-6-8-18(17)33-24/h5-11H,4H2,1-3H3,(H,27,28)/b15-11+. The maximum Gasteiger partial charge on any atom is 0.341 e. The third-order valence-corrected chi connectivity index (χ3v) is 7.95. The number of thiophene rings is 1. The third kappa shape index (κ3) is 5.07. The van der Waals surface area contributed by atoms with Crippen molar-refractivity contribution in [3.8, 4) is 6.07 Å². The molecule has 0 aliphatic rings. The molecule has 0 fully saturated rings. The zero-order valence-corrected chi connectivity index (χ0v) is 21.0. The molecule has 3 aromatic heterocycles. The van der Waals surface area contributed by atoms with Gasteiger partial charge in [-0.25, -0.2) is 9.78 Å². The molecule has 0 radical (unpaired) electrons. The van der Waals surface area contributed by atoms with Crippen LogP contribution >= 0.6 is 34.4 Å². The highest BCUT2D eigenvalue weighted by Crippen LogP contribution is 2.36. The molecule has 1 amide bonds. The van der Waals surface area contributed by atoms with E-state index in [4.69, 9.17) is 9.15 Å². The second kappa shape index (κ2) is 10.3. The van der Waals surface area contributed by atoms with E-state index in [0.717, 1.165) is 25.0 Å². The SMILES string of the molecule is CCOC(=O)c1c(NC(=O)/C(C#N)=C/c2ccc(Sc3nc4ccccc4s3)o2)sc(C)c1C. The summed E-state index contributed by atoms with van der Waals surface area (Å²) in [6.45, 7) is 5.59. The van der Waals surface area contributed by atoms with Crippen LogP contribution in [0.5, 0.6) is 0 Å². The van der Waals surface area contributed by atoms with Crippen molar-refractivity contribution >= 4 is 67.6 Å². The number of benzene rings is 1. The van der Waals surface area contributed by atoms with Gasteiger partial charge in [-0.3, -0.25) is 4.79 Å². The number of anilines is 1. The molecule has 0 saturated carbocycles. The molecule has 10 heteroatoms. The number of fused-ring (bicyclic) bond motifs is 1. The molecule has 3 heterocycles. The Morgan fingerprint density at radius 3 is 2.76 bits per heavy atom. The van der Waals surface area contributed by atoms with Gasteiger partial charge < -0.3 is 14.5 Å². The van der Waals surface area contributed by atoms with Crippen LogP contribution in [0.3, 0.4) is 0 Å². The van der Waals surface area contributed by atoms with Crippen LogP contribution < -0.4 is 5.32 Å². The normalized spacial score (nSPS) is 11.4. The number of esters is 1. The molecule has 34 heavy (non-hydrogen) atoms. The number of hydrogen-bond acceptors (Lipinski definition) is 9. The number of thiazole rings is 1. The first-order valence-electron chi connectivity index (χ1n) is 10.2. The number of aromatic nitrogens is 1. The maximum atomic E-state index is 12.8. The van der Waals surface area contributed by atoms with Crippen LogP contribution in [0.2, 0.25) is 0 Å². The number of carbonyl (C=O) groups excluding carboxylic acids is 2. The summed E-state index contributed by atoms with van der Waals surface area (Å²) in [6.07, 6.45) is 1.37. The third-order valence-electron chi connectivity index (χ3n) is 4.81. The van der Waals surface area contributed by atoms with E-state index in [0.29, 0.717) is 21.4 Å². The minimum atomic E-state index is -0.633. The molecule has 0 bridgehead atoms. The van der Waals surface area contributed by atoms with Gasteiger partial charge in [0.2, 0.25) is 0 Å². The molecule has 0 atom stereocenters. The van der Waals surface area contributed by atoms with Crippen molar-refractivity contribution in [2.24, 2.45) is 0 Å². The van der Waals surface area contributed by atoms with Gasteiger partial charge in [-0.05, 0) is 62.4 Å². The van der Waals surface area contributed by atoms with Gasteiger partial charge in [0.05, 0.1) is 22.4 Å². The molecule has 1 N–H and O–H groups in total. The number of hydrogen-bond donors (Lipinski definition) is 1. The van der Waals surface area contributed by atoms with E-state index in [-0.39, 0.29) is 12.2 Å². The molecular formula is C24H19N3O4S3. The maximum absolute atomic E-state index is 12.8. The van der Waals surface area contributed by atoms with Crippen LogP contribution in [-0.2, 0) is 9.53 Å². The van der Waals surface area contributed by atoms with Crippen molar-refractivity contribution in [1.82, 2.24) is 4.98 Å². The summed E-state index contributed by atoms with van der Waals surface area (Å²) < 4.78 is 12.8. The van der Waals surface area contributed by atoms with E-state index >= 15 is 0 Å². The average molecular weight is 510 g/mol. The van der Waals surface area contributed by atoms with Gasteiger partial charge in [0.25, 0.3) is 5.91 Å². The summed E-state index contributed by atoms with van der Waals surface area (Å²) in [5, 5.41) is 13.2. The lowest BCUT2D eigenvalue weighted by molar-refractivity contribution is -0.112. The average Bonchev–Trinajstić information content (AvgIpc) is 3.49. The van der Waals surface area contributed by atoms with Crippen molar-refractivity contribution in [3.63, 3.8) is 0 Å². The van der Waals surface area contributed by atoms with Gasteiger partial charge in [0.15, 0.2) is 9.43 Å². The number of nitrogens with zero attached hydrogens (tertiary/aromatic N) is 2. The monoisotopic (exact) mass is 509 g/mol. The second-order valence-electron chi connectivity index (χ2n) is 7.04. The van der Waals surface area contributed by atoms with Crippen LogP contribution in [0.4, 0.5) is 5.00 Å². The van der Waals surface area contributed by atoms with E-state index in [1.807, 2.05) is 37.3 Å². The lowest BCUT2D eigenvalue weighted by Gasteiger charge is -2.06. The number of furan rings is 1. The van der Waals surface area contributed by atoms with Crippen LogP contribution in [0.25, 0.3) is 16.3 Å². The highest BCUT2D eigenvalue weighted by atomic mass is 32.2. The summed E-state index contributed by atoms with van der Waals surface area (Å²) in [4.78, 5) is 30.6. The van der Waals surface area contributed by atoms with E-state index < -0.39 is 11.9 Å². The number of nitrogens with one attached hydrogen (secondary N) is 1. The van der Waals surface area contributed by atoms with Gasteiger partial charge >= 0.3 is 5.97 Å². The molecular weight excluding hydrogens is 490 g/mol. The quantitative estimate of drug-likeness (QED) is 0.174. The molecule has 0 unspecified atom stereocenters. The van der Waals surface area contributed by atoms with Crippen molar-refractivity contribution in [2.75, 3.05) is 11.9 Å². The van der Waals surface area contributed by atoms with Gasteiger partial charge in [-0.2, -0.15) is 5.26 Å². The Balaban J connectivity index is 1.51. The first-order valence-corrected chi connectivity index (χ1v) is 12.7. The number of carbonyl (C=O) groups is 2. The largest absolute Gasteiger partial charge is 0.462 e. The fraction of sp³-hybridized carbons (Fsp3) is 0.167. The van der Waals surface area contributed by atoms with Crippen LogP contribution in [0.15, 0.2) is 55.8 Å². The van der Waals surface area contributed by atoms with Crippen molar-refractivity contribution in [2.45, 2.75) is 30.2 Å². The zero-order valence-electron chi connectivity index (χ0n) is 18.5. The Bertz CT molecular complexity index is 1420. The second-order valence-corrected chi connectivity index (χ2v) is 10.5. The minimum absolute atomic E-state index is 0.149. The fourth-order valence-corrected chi connectivity index (χ4v) is 6.09. The van der Waals surface area contributed by atoms with Gasteiger partial charge in [0.1, 0.15) is 22.4 Å². The lowest BCUT2D eigenvalue weighted by Crippen LogP contribution is -2.16. The number of amides is 1. The van der Waals surface area contributed by atoms with E-state index in [9.17, 15) is 14.9 Å². The topological polar surface area (TPSA) is 105 Å². The smallest absolute Gasteiger partial charge is 0.341 e. The summed E-state index contributed by atoms with van der Waals surface area (Å²) >= 11 is 4.19. The summed E-state index contributed by atoms with van der Waals surface area (Å²) in [7, 11) is 0. The lowest BCUT2D eigenvalue weighted by atomic mass is 10.1. The minimum Gasteiger partial charge on any atom is -0.462 e. The van der Waals surface area contributed by atoms with Crippen molar-refractivity contribution in [1.29, 1.82) is 5.26 Å². The number of aryl methyl sites for hydroxylation is 1. The highest BCUT2D eigenvalue weighted by molar-refractivity contribution is 8.01. The predicted octanol–water partition coefficient (Wildman–Crippen LogP) is 6.44. The first-order chi connectivity index (χ1) is 16.4. The van der Waals surface area contributed by atoms with Gasteiger partial charge in [-0.15, -0.1) is 22.7 Å². The molecule has 4 aromatic rings. The highest BCUT2D eigenvalue weighted by Gasteiger charge is 2.23. The molecule has 0 aliphatic carbocycles. The molecule has 172 valence electrons. The van der Waals surface area contributed by atoms with E-state index in [1.54, 1.807) is 37.3 Å². The number of para-hydroxylation sites is 1. The number of nitriles is 1. The predicted molar refractivity (Wildman–Crippen MR) is 134 cm³/mol. The molecule has 7 nitrogen and oxygen atoms in total. The van der Waals surface area contributed by atoms with E-state index in [2.05, 4.69) is 10.3 Å². The molecule has 4 rings (SSSR count). The molecule has 0 saturated heterocycles. The molecule has 1 aromatic carbocycles. The fourth-order valence-electron chi connectivity index (χ4n) is 3.07. The van der Waals surface area contributed by atoms with Gasteiger partial charge in [-0.1, -0.05) is 12.1 Å².